The van der Waals surface area contributed by atoms with Crippen LogP contribution in [0, 0.1) is 0 Å². The molecule has 4 rings (SSSR count). The van der Waals surface area contributed by atoms with Crippen LogP contribution in [0.5, 0.6) is 0 Å². The molecular formula is C14H11N5OS. The van der Waals surface area contributed by atoms with Gasteiger partial charge >= 0.3 is 0 Å². The summed E-state index contributed by atoms with van der Waals surface area (Å²) in [6.07, 6.45) is 5.64. The smallest absolute Gasteiger partial charge is 0.244 e. The summed E-state index contributed by atoms with van der Waals surface area (Å²) < 4.78 is 3.55. The average Bonchev–Trinajstić information content (AvgIpc) is 3.14. The molecule has 0 aliphatic carbocycles. The Morgan fingerprint density at radius 1 is 1.33 bits per heavy atom. The summed E-state index contributed by atoms with van der Waals surface area (Å²) in [5.41, 5.74) is 5.29. The van der Waals surface area contributed by atoms with Gasteiger partial charge in [-0.25, -0.2) is 14.6 Å². The van der Waals surface area contributed by atoms with Crippen molar-refractivity contribution in [3.8, 4) is 0 Å². The number of rotatable bonds is 3. The quantitative estimate of drug-likeness (QED) is 0.629. The van der Waals surface area contributed by atoms with Crippen molar-refractivity contribution in [3.63, 3.8) is 0 Å². The van der Waals surface area contributed by atoms with Crippen LogP contribution < -0.4 is 5.43 Å². The lowest BCUT2D eigenvalue weighted by molar-refractivity contribution is -0.116. The van der Waals surface area contributed by atoms with Gasteiger partial charge in [-0.05, 0) is 12.1 Å². The Morgan fingerprint density at radius 2 is 2.24 bits per heavy atom. The first-order chi connectivity index (χ1) is 10.3. The molecule has 4 aromatic rings. The molecule has 0 aliphatic rings. The van der Waals surface area contributed by atoms with E-state index in [1.165, 1.54) is 0 Å². The molecule has 0 aliphatic heterocycles. The van der Waals surface area contributed by atoms with Crippen LogP contribution in [0.1, 0.15) is 5.69 Å². The van der Waals surface area contributed by atoms with Crippen molar-refractivity contribution < 1.29 is 4.79 Å². The maximum Gasteiger partial charge on any atom is 0.244 e. The number of fused-ring (bicyclic) bond motifs is 2. The number of hydrogen-bond acceptors (Lipinski definition) is 4. The average molecular weight is 297 g/mol. The van der Waals surface area contributed by atoms with Crippen LogP contribution in [-0.4, -0.2) is 25.0 Å². The Bertz CT molecular complexity index is 906. The molecular weight excluding hydrogens is 286 g/mol. The van der Waals surface area contributed by atoms with Crippen LogP contribution >= 0.6 is 11.3 Å². The van der Waals surface area contributed by atoms with Gasteiger partial charge in [0.2, 0.25) is 5.91 Å². The lowest BCUT2D eigenvalue weighted by atomic mass is 10.3. The van der Waals surface area contributed by atoms with Crippen LogP contribution in [0.2, 0.25) is 0 Å². The predicted molar refractivity (Wildman–Crippen MR) is 80.9 cm³/mol. The molecule has 7 heteroatoms. The molecule has 0 unspecified atom stereocenters. The first kappa shape index (κ1) is 12.1. The second kappa shape index (κ2) is 4.71. The number of amides is 1. The Hall–Kier alpha value is -2.67. The third-order valence-corrected chi connectivity index (χ3v) is 3.95. The second-order valence-corrected chi connectivity index (χ2v) is 5.51. The summed E-state index contributed by atoms with van der Waals surface area (Å²) >= 11 is 1.55. The Morgan fingerprint density at radius 3 is 3.14 bits per heavy atom. The highest BCUT2D eigenvalue weighted by Crippen LogP contribution is 2.12. The zero-order chi connectivity index (χ0) is 14.2. The maximum absolute atomic E-state index is 12.1. The minimum absolute atomic E-state index is 0.121. The van der Waals surface area contributed by atoms with Gasteiger partial charge in [-0.1, -0.05) is 12.1 Å². The number of imidazole rings is 2. The highest BCUT2D eigenvalue weighted by Gasteiger charge is 2.10. The maximum atomic E-state index is 12.1. The molecule has 0 bridgehead atoms. The summed E-state index contributed by atoms with van der Waals surface area (Å²) in [6, 6.07) is 7.65. The number of carbonyl (C=O) groups is 1. The summed E-state index contributed by atoms with van der Waals surface area (Å²) in [5.74, 6) is -0.121. The molecule has 0 atom stereocenters. The molecule has 1 aromatic carbocycles. The Balaban J connectivity index is 1.54. The summed E-state index contributed by atoms with van der Waals surface area (Å²) in [7, 11) is 0. The van der Waals surface area contributed by atoms with Crippen molar-refractivity contribution in [2.75, 3.05) is 5.43 Å². The minimum Gasteiger partial charge on any atom is -0.297 e. The van der Waals surface area contributed by atoms with Crippen LogP contribution in [-0.2, 0) is 11.2 Å². The molecule has 0 spiro atoms. The van der Waals surface area contributed by atoms with Gasteiger partial charge in [0.25, 0.3) is 0 Å². The van der Waals surface area contributed by atoms with Gasteiger partial charge in [-0.3, -0.25) is 14.6 Å². The number of nitrogens with zero attached hydrogens (tertiary/aromatic N) is 4. The predicted octanol–water partition coefficient (Wildman–Crippen LogP) is 2.06. The second-order valence-electron chi connectivity index (χ2n) is 4.64. The van der Waals surface area contributed by atoms with Crippen LogP contribution in [0.3, 0.4) is 0 Å². The highest BCUT2D eigenvalue weighted by atomic mass is 32.1. The van der Waals surface area contributed by atoms with Crippen molar-refractivity contribution in [3.05, 3.63) is 54.1 Å². The molecule has 21 heavy (non-hydrogen) atoms. The zero-order valence-corrected chi connectivity index (χ0v) is 11.7. The fourth-order valence-corrected chi connectivity index (χ4v) is 2.97. The van der Waals surface area contributed by atoms with E-state index in [0.717, 1.165) is 21.7 Å². The van der Waals surface area contributed by atoms with Crippen molar-refractivity contribution in [2.45, 2.75) is 6.42 Å². The van der Waals surface area contributed by atoms with E-state index < -0.39 is 0 Å². The van der Waals surface area contributed by atoms with Gasteiger partial charge in [-0.15, -0.1) is 11.3 Å². The topological polar surface area (TPSA) is 64.2 Å². The molecule has 0 fully saturated rings. The number of nitrogens with one attached hydrogen (secondary N) is 1. The van der Waals surface area contributed by atoms with Crippen LogP contribution in [0.4, 0.5) is 0 Å². The van der Waals surface area contributed by atoms with E-state index in [1.54, 1.807) is 22.3 Å². The fraction of sp³-hybridized carbons (Fsp3) is 0.0714. The first-order valence-electron chi connectivity index (χ1n) is 6.42. The molecule has 104 valence electrons. The lowest BCUT2D eigenvalue weighted by Gasteiger charge is -2.05. The number of thiazole rings is 1. The van der Waals surface area contributed by atoms with E-state index in [0.29, 0.717) is 0 Å². The zero-order valence-electron chi connectivity index (χ0n) is 10.9. The highest BCUT2D eigenvalue weighted by molar-refractivity contribution is 7.15. The van der Waals surface area contributed by atoms with E-state index in [2.05, 4.69) is 15.4 Å². The van der Waals surface area contributed by atoms with Gasteiger partial charge in [0.15, 0.2) is 4.96 Å². The third kappa shape index (κ3) is 2.17. The monoisotopic (exact) mass is 297 g/mol. The molecule has 1 amide bonds. The lowest BCUT2D eigenvalue weighted by Crippen LogP contribution is -2.23. The molecule has 3 aromatic heterocycles. The molecule has 3 heterocycles. The van der Waals surface area contributed by atoms with Crippen molar-refractivity contribution in [1.29, 1.82) is 0 Å². The van der Waals surface area contributed by atoms with Gasteiger partial charge in [0.1, 0.15) is 6.33 Å². The Kier molecular flexibility index (Phi) is 2.71. The van der Waals surface area contributed by atoms with E-state index in [4.69, 9.17) is 0 Å². The number of carbonyl (C=O) groups excluding carboxylic acids is 1. The van der Waals surface area contributed by atoms with Gasteiger partial charge < -0.3 is 0 Å². The molecule has 0 radical (unpaired) electrons. The minimum atomic E-state index is -0.121. The van der Waals surface area contributed by atoms with Crippen LogP contribution in [0.15, 0.2) is 48.4 Å². The van der Waals surface area contributed by atoms with Crippen molar-refractivity contribution >= 4 is 33.2 Å². The molecule has 1 N–H and O–H groups in total. The van der Waals surface area contributed by atoms with Gasteiger partial charge in [-0.2, -0.15) is 0 Å². The third-order valence-electron chi connectivity index (χ3n) is 3.18. The van der Waals surface area contributed by atoms with Gasteiger partial charge in [0.05, 0.1) is 23.1 Å². The standard InChI is InChI=1S/C14H11N5OS/c20-13(7-10-8-18-5-6-21-14(18)16-10)17-19-9-15-11-3-1-2-4-12(11)19/h1-6,8-9H,7H2,(H,17,20). The van der Waals surface area contributed by atoms with E-state index >= 15 is 0 Å². The molecule has 0 saturated heterocycles. The van der Waals surface area contributed by atoms with Crippen molar-refractivity contribution in [1.82, 2.24) is 19.0 Å². The van der Waals surface area contributed by atoms with E-state index in [1.807, 2.05) is 46.4 Å². The fourth-order valence-electron chi connectivity index (χ4n) is 2.25. The number of aromatic nitrogens is 4. The number of hydrogen-bond donors (Lipinski definition) is 1. The first-order valence-corrected chi connectivity index (χ1v) is 7.30. The largest absolute Gasteiger partial charge is 0.297 e. The summed E-state index contributed by atoms with van der Waals surface area (Å²) in [5, 5.41) is 1.96. The summed E-state index contributed by atoms with van der Waals surface area (Å²) in [4.78, 5) is 21.6. The van der Waals surface area contributed by atoms with Gasteiger partial charge in [0, 0.05) is 17.8 Å². The van der Waals surface area contributed by atoms with E-state index in [9.17, 15) is 4.79 Å². The van der Waals surface area contributed by atoms with E-state index in [-0.39, 0.29) is 12.3 Å². The van der Waals surface area contributed by atoms with Crippen LogP contribution in [0.25, 0.3) is 16.0 Å². The SMILES string of the molecule is O=C(Cc1cn2ccsc2n1)Nn1cnc2ccccc21. The normalized spacial score (nSPS) is 11.2. The summed E-state index contributed by atoms with van der Waals surface area (Å²) in [6.45, 7) is 0. The number of para-hydroxylation sites is 2. The number of benzene rings is 1. The Labute approximate surface area is 123 Å². The van der Waals surface area contributed by atoms with Crippen molar-refractivity contribution in [2.24, 2.45) is 0 Å². The molecule has 0 saturated carbocycles. The molecule has 6 nitrogen and oxygen atoms in total.